The highest BCUT2D eigenvalue weighted by atomic mass is 32.1. The number of halogens is 3. The Labute approximate surface area is 113 Å². The first-order valence-electron chi connectivity index (χ1n) is 5.81. The van der Waals surface area contributed by atoms with Gasteiger partial charge < -0.3 is 5.32 Å². The van der Waals surface area contributed by atoms with Gasteiger partial charge in [-0.05, 0) is 24.2 Å². The van der Waals surface area contributed by atoms with E-state index < -0.39 is 11.7 Å². The molecule has 0 amide bonds. The quantitative estimate of drug-likeness (QED) is 0.923. The molecule has 0 aliphatic heterocycles. The molecule has 0 fully saturated rings. The molecule has 2 rings (SSSR count). The summed E-state index contributed by atoms with van der Waals surface area (Å²) in [5.41, 5.74) is 1.64. The molecule has 2 nitrogen and oxygen atoms in total. The van der Waals surface area contributed by atoms with Crippen LogP contribution in [-0.4, -0.2) is 11.5 Å². The predicted molar refractivity (Wildman–Crippen MR) is 69.1 cm³/mol. The minimum absolute atomic E-state index is 0.250. The first-order valence-corrected chi connectivity index (χ1v) is 6.69. The highest BCUT2D eigenvalue weighted by Crippen LogP contribution is 2.32. The number of alkyl halides is 3. The molecule has 0 bridgehead atoms. The Kier molecular flexibility index (Phi) is 4.21. The smallest absolute Gasteiger partial charge is 0.306 e. The molecule has 0 aliphatic carbocycles. The standard InChI is InChI=1S/C13H13F3N2S/c1-2-18-12(11-7-17-8-19-11)9-4-3-5-10(6-9)13(14,15)16/h3-8,12,18H,2H2,1H3. The average Bonchev–Trinajstić information content (AvgIpc) is 2.88. The molecule has 1 atom stereocenters. The van der Waals surface area contributed by atoms with Gasteiger partial charge in [-0.15, -0.1) is 11.3 Å². The Balaban J connectivity index is 2.37. The van der Waals surface area contributed by atoms with E-state index in [4.69, 9.17) is 0 Å². The van der Waals surface area contributed by atoms with E-state index in [9.17, 15) is 13.2 Å². The maximum absolute atomic E-state index is 12.7. The topological polar surface area (TPSA) is 24.9 Å². The number of thiazole rings is 1. The minimum Gasteiger partial charge on any atom is -0.306 e. The third kappa shape index (κ3) is 3.33. The van der Waals surface area contributed by atoms with Crippen LogP contribution in [0.5, 0.6) is 0 Å². The Bertz CT molecular complexity index is 523. The second-order valence-electron chi connectivity index (χ2n) is 4.02. The zero-order valence-corrected chi connectivity index (χ0v) is 11.1. The van der Waals surface area contributed by atoms with Crippen molar-refractivity contribution in [2.24, 2.45) is 0 Å². The summed E-state index contributed by atoms with van der Waals surface area (Å²) in [6.07, 6.45) is -2.64. The van der Waals surface area contributed by atoms with Crippen LogP contribution in [0.1, 0.15) is 29.0 Å². The van der Waals surface area contributed by atoms with Crippen molar-refractivity contribution in [1.29, 1.82) is 0 Å². The number of nitrogens with zero attached hydrogens (tertiary/aromatic N) is 1. The maximum atomic E-state index is 12.7. The van der Waals surface area contributed by atoms with Crippen LogP contribution >= 0.6 is 11.3 Å². The van der Waals surface area contributed by atoms with Crippen molar-refractivity contribution in [1.82, 2.24) is 10.3 Å². The molecule has 0 aliphatic rings. The van der Waals surface area contributed by atoms with Crippen LogP contribution in [0.4, 0.5) is 13.2 Å². The van der Waals surface area contributed by atoms with E-state index in [2.05, 4.69) is 10.3 Å². The molecular weight excluding hydrogens is 273 g/mol. The van der Waals surface area contributed by atoms with Crippen molar-refractivity contribution in [2.75, 3.05) is 6.54 Å². The van der Waals surface area contributed by atoms with Crippen LogP contribution in [-0.2, 0) is 6.18 Å². The van der Waals surface area contributed by atoms with Gasteiger partial charge in [0.15, 0.2) is 0 Å². The largest absolute Gasteiger partial charge is 0.416 e. The fraction of sp³-hybridized carbons (Fsp3) is 0.308. The molecule has 1 aromatic heterocycles. The molecule has 0 radical (unpaired) electrons. The van der Waals surface area contributed by atoms with Crippen molar-refractivity contribution in [3.05, 3.63) is 52.0 Å². The summed E-state index contributed by atoms with van der Waals surface area (Å²) in [7, 11) is 0. The van der Waals surface area contributed by atoms with Crippen LogP contribution in [0.15, 0.2) is 36.0 Å². The number of benzene rings is 1. The third-order valence-electron chi connectivity index (χ3n) is 2.69. The van der Waals surface area contributed by atoms with Gasteiger partial charge in [0.25, 0.3) is 0 Å². The molecule has 0 saturated heterocycles. The molecule has 1 aromatic carbocycles. The highest BCUT2D eigenvalue weighted by Gasteiger charge is 2.31. The number of rotatable bonds is 4. The van der Waals surface area contributed by atoms with Gasteiger partial charge in [0.1, 0.15) is 0 Å². The molecule has 19 heavy (non-hydrogen) atoms. The van der Waals surface area contributed by atoms with Crippen LogP contribution in [0.3, 0.4) is 0 Å². The Morgan fingerprint density at radius 3 is 2.74 bits per heavy atom. The number of hydrogen-bond donors (Lipinski definition) is 1. The summed E-state index contributed by atoms with van der Waals surface area (Å²) >= 11 is 1.42. The zero-order chi connectivity index (χ0) is 13.9. The predicted octanol–water partition coefficient (Wildman–Crippen LogP) is 3.86. The number of aromatic nitrogens is 1. The van der Waals surface area contributed by atoms with Gasteiger partial charge in [0.05, 0.1) is 17.1 Å². The maximum Gasteiger partial charge on any atom is 0.416 e. The number of hydrogen-bond acceptors (Lipinski definition) is 3. The SMILES string of the molecule is CCNC(c1cccc(C(F)(F)F)c1)c1cncs1. The monoisotopic (exact) mass is 286 g/mol. The summed E-state index contributed by atoms with van der Waals surface area (Å²) in [6.45, 7) is 2.58. The summed E-state index contributed by atoms with van der Waals surface area (Å²) in [5.74, 6) is 0. The number of nitrogens with one attached hydrogen (secondary N) is 1. The summed E-state index contributed by atoms with van der Waals surface area (Å²) in [4.78, 5) is 4.88. The Morgan fingerprint density at radius 2 is 2.16 bits per heavy atom. The van der Waals surface area contributed by atoms with Gasteiger partial charge in [-0.1, -0.05) is 19.1 Å². The van der Waals surface area contributed by atoms with E-state index in [1.165, 1.54) is 23.5 Å². The second kappa shape index (κ2) is 5.71. The van der Waals surface area contributed by atoms with Crippen LogP contribution in [0.25, 0.3) is 0 Å². The normalized spacial score (nSPS) is 13.5. The lowest BCUT2D eigenvalue weighted by Gasteiger charge is -2.18. The molecule has 102 valence electrons. The lowest BCUT2D eigenvalue weighted by Crippen LogP contribution is -2.21. The fourth-order valence-corrected chi connectivity index (χ4v) is 2.57. The van der Waals surface area contributed by atoms with Crippen molar-refractivity contribution < 1.29 is 13.2 Å². The van der Waals surface area contributed by atoms with Gasteiger partial charge in [0, 0.05) is 11.1 Å². The molecule has 1 unspecified atom stereocenters. The van der Waals surface area contributed by atoms with Gasteiger partial charge in [-0.25, -0.2) is 0 Å². The van der Waals surface area contributed by atoms with E-state index >= 15 is 0 Å². The van der Waals surface area contributed by atoms with Crippen LogP contribution in [0, 0.1) is 0 Å². The molecule has 0 spiro atoms. The fourth-order valence-electron chi connectivity index (χ4n) is 1.85. The van der Waals surface area contributed by atoms with Gasteiger partial charge in [-0.3, -0.25) is 4.98 Å². The highest BCUT2D eigenvalue weighted by molar-refractivity contribution is 7.09. The Morgan fingerprint density at radius 1 is 1.37 bits per heavy atom. The van der Waals surface area contributed by atoms with E-state index in [1.807, 2.05) is 6.92 Å². The third-order valence-corrected chi connectivity index (χ3v) is 3.53. The van der Waals surface area contributed by atoms with Crippen LogP contribution in [0.2, 0.25) is 0 Å². The summed E-state index contributed by atoms with van der Waals surface area (Å²) < 4.78 is 38.2. The lowest BCUT2D eigenvalue weighted by molar-refractivity contribution is -0.137. The van der Waals surface area contributed by atoms with Gasteiger partial charge >= 0.3 is 6.18 Å². The van der Waals surface area contributed by atoms with Gasteiger partial charge in [-0.2, -0.15) is 13.2 Å². The van der Waals surface area contributed by atoms with Crippen molar-refractivity contribution in [2.45, 2.75) is 19.1 Å². The average molecular weight is 286 g/mol. The van der Waals surface area contributed by atoms with E-state index in [1.54, 1.807) is 17.8 Å². The molecule has 1 N–H and O–H groups in total. The van der Waals surface area contributed by atoms with Crippen molar-refractivity contribution in [3.63, 3.8) is 0 Å². The Hall–Kier alpha value is -1.40. The van der Waals surface area contributed by atoms with Gasteiger partial charge in [0.2, 0.25) is 0 Å². The minimum atomic E-state index is -4.32. The first-order chi connectivity index (χ1) is 9.02. The lowest BCUT2D eigenvalue weighted by atomic mass is 10.0. The second-order valence-corrected chi connectivity index (χ2v) is 4.94. The molecule has 1 heterocycles. The molecule has 6 heteroatoms. The molecular formula is C13H13F3N2S. The first kappa shape index (κ1) is 14.0. The molecule has 0 saturated carbocycles. The van der Waals surface area contributed by atoms with E-state index in [0.717, 1.165) is 10.9 Å². The van der Waals surface area contributed by atoms with E-state index in [-0.39, 0.29) is 6.04 Å². The summed E-state index contributed by atoms with van der Waals surface area (Å²) in [6, 6.07) is 5.15. The van der Waals surface area contributed by atoms with Crippen molar-refractivity contribution >= 4 is 11.3 Å². The van der Waals surface area contributed by atoms with Crippen molar-refractivity contribution in [3.8, 4) is 0 Å². The summed E-state index contributed by atoms with van der Waals surface area (Å²) in [5, 5.41) is 3.18. The van der Waals surface area contributed by atoms with Crippen LogP contribution < -0.4 is 5.32 Å². The van der Waals surface area contributed by atoms with E-state index in [0.29, 0.717) is 12.1 Å². The molecule has 2 aromatic rings. The zero-order valence-electron chi connectivity index (χ0n) is 10.2.